The molecule has 0 radical (unpaired) electrons. The maximum Gasteiger partial charge on any atom is 0.270 e. The molecule has 0 fully saturated rings. The van der Waals surface area contributed by atoms with E-state index in [1.807, 2.05) is 24.3 Å². The van der Waals surface area contributed by atoms with Crippen molar-refractivity contribution >= 4 is 12.0 Å². The molecule has 1 N–H and O–H groups in total. The minimum absolute atomic E-state index is 0.211. The SMILES string of the molecule is COc1ccc(C=CCN2CCc3nnc(CNC(=O)c4ccccn4)n3CC2)cc1. The van der Waals surface area contributed by atoms with Crippen LogP contribution < -0.4 is 10.1 Å². The molecule has 8 nitrogen and oxygen atoms in total. The van der Waals surface area contributed by atoms with Crippen LogP contribution >= 0.6 is 0 Å². The summed E-state index contributed by atoms with van der Waals surface area (Å²) in [5.74, 6) is 2.38. The van der Waals surface area contributed by atoms with Crippen molar-refractivity contribution < 1.29 is 9.53 Å². The predicted octanol–water partition coefficient (Wildman–Crippen LogP) is 2.18. The van der Waals surface area contributed by atoms with E-state index < -0.39 is 0 Å². The topological polar surface area (TPSA) is 85.2 Å². The van der Waals surface area contributed by atoms with E-state index in [4.69, 9.17) is 4.74 Å². The summed E-state index contributed by atoms with van der Waals surface area (Å²) in [4.78, 5) is 18.7. The normalized spacial score (nSPS) is 14.2. The molecule has 0 unspecified atom stereocenters. The van der Waals surface area contributed by atoms with Crippen molar-refractivity contribution in [2.45, 2.75) is 19.5 Å². The van der Waals surface area contributed by atoms with Crippen LogP contribution in [0.3, 0.4) is 0 Å². The largest absolute Gasteiger partial charge is 0.497 e. The summed E-state index contributed by atoms with van der Waals surface area (Å²) in [6.45, 7) is 3.83. The van der Waals surface area contributed by atoms with E-state index in [2.05, 4.69) is 42.1 Å². The molecule has 0 atom stereocenters. The Morgan fingerprint density at radius 1 is 1.13 bits per heavy atom. The van der Waals surface area contributed by atoms with Gasteiger partial charge in [-0.3, -0.25) is 14.7 Å². The molecule has 31 heavy (non-hydrogen) atoms. The second-order valence-electron chi connectivity index (χ2n) is 7.31. The Balaban J connectivity index is 1.30. The number of hydrogen-bond donors (Lipinski definition) is 1. The standard InChI is InChI=1S/C23H26N6O2/c1-31-19-9-7-18(8-10-19)5-4-13-28-14-11-21-26-27-22(29(21)16-15-28)17-25-23(30)20-6-2-3-12-24-20/h2-10,12H,11,13-17H2,1H3,(H,25,30). The zero-order valence-corrected chi connectivity index (χ0v) is 17.6. The highest BCUT2D eigenvalue weighted by Crippen LogP contribution is 2.13. The summed E-state index contributed by atoms with van der Waals surface area (Å²) in [5, 5.41) is 11.5. The van der Waals surface area contributed by atoms with E-state index in [0.29, 0.717) is 12.2 Å². The number of methoxy groups -OCH3 is 1. The maximum absolute atomic E-state index is 12.2. The maximum atomic E-state index is 12.2. The zero-order valence-electron chi connectivity index (χ0n) is 17.6. The van der Waals surface area contributed by atoms with Gasteiger partial charge in [-0.2, -0.15) is 0 Å². The fraction of sp³-hybridized carbons (Fsp3) is 0.304. The summed E-state index contributed by atoms with van der Waals surface area (Å²) in [6, 6.07) is 13.3. The van der Waals surface area contributed by atoms with Crippen LogP contribution in [0.4, 0.5) is 0 Å². The van der Waals surface area contributed by atoms with Crippen LogP contribution in [-0.2, 0) is 19.5 Å². The van der Waals surface area contributed by atoms with Gasteiger partial charge in [-0.25, -0.2) is 0 Å². The molecule has 1 aliphatic heterocycles. The second-order valence-corrected chi connectivity index (χ2v) is 7.31. The molecule has 2 aromatic heterocycles. The van der Waals surface area contributed by atoms with Crippen molar-refractivity contribution in [1.82, 2.24) is 30.0 Å². The van der Waals surface area contributed by atoms with Gasteiger partial charge in [-0.1, -0.05) is 30.4 Å². The van der Waals surface area contributed by atoms with Crippen molar-refractivity contribution in [2.24, 2.45) is 0 Å². The summed E-state index contributed by atoms with van der Waals surface area (Å²) in [7, 11) is 1.67. The molecule has 1 aliphatic rings. The molecular weight excluding hydrogens is 392 g/mol. The highest BCUT2D eigenvalue weighted by Gasteiger charge is 2.18. The Labute approximate surface area is 181 Å². The molecule has 4 rings (SSSR count). The Hall–Kier alpha value is -3.52. The smallest absolute Gasteiger partial charge is 0.270 e. The first-order valence-electron chi connectivity index (χ1n) is 10.4. The monoisotopic (exact) mass is 418 g/mol. The minimum atomic E-state index is -0.211. The number of amides is 1. The molecule has 0 saturated heterocycles. The van der Waals surface area contributed by atoms with Gasteiger partial charge in [-0.05, 0) is 29.8 Å². The molecule has 0 spiro atoms. The van der Waals surface area contributed by atoms with Crippen LogP contribution in [-0.4, -0.2) is 57.3 Å². The van der Waals surface area contributed by atoms with Crippen molar-refractivity contribution in [3.8, 4) is 5.75 Å². The summed E-state index contributed by atoms with van der Waals surface area (Å²) in [5.41, 5.74) is 1.55. The van der Waals surface area contributed by atoms with Crippen LogP contribution in [0.2, 0.25) is 0 Å². The lowest BCUT2D eigenvalue weighted by atomic mass is 10.2. The molecule has 160 valence electrons. The van der Waals surface area contributed by atoms with Gasteiger partial charge in [0, 0.05) is 38.8 Å². The highest BCUT2D eigenvalue weighted by molar-refractivity contribution is 5.92. The van der Waals surface area contributed by atoms with Gasteiger partial charge >= 0.3 is 0 Å². The van der Waals surface area contributed by atoms with Gasteiger partial charge in [-0.15, -0.1) is 10.2 Å². The number of ether oxygens (including phenoxy) is 1. The molecule has 8 heteroatoms. The molecule has 0 aliphatic carbocycles. The molecule has 3 heterocycles. The van der Waals surface area contributed by atoms with E-state index in [0.717, 1.165) is 55.6 Å². The average Bonchev–Trinajstić information content (AvgIpc) is 3.10. The van der Waals surface area contributed by atoms with E-state index in [1.54, 1.807) is 31.5 Å². The van der Waals surface area contributed by atoms with Crippen LogP contribution in [0.15, 0.2) is 54.7 Å². The summed E-state index contributed by atoms with van der Waals surface area (Å²) in [6.07, 6.45) is 6.75. The van der Waals surface area contributed by atoms with Crippen molar-refractivity contribution in [2.75, 3.05) is 26.7 Å². The molecule has 0 saturated carbocycles. The molecule has 1 aromatic carbocycles. The first-order chi connectivity index (χ1) is 15.2. The minimum Gasteiger partial charge on any atom is -0.497 e. The lowest BCUT2D eigenvalue weighted by Gasteiger charge is -2.17. The predicted molar refractivity (Wildman–Crippen MR) is 118 cm³/mol. The zero-order chi connectivity index (χ0) is 21.5. The third kappa shape index (κ3) is 5.35. The first kappa shape index (κ1) is 20.7. The lowest BCUT2D eigenvalue weighted by molar-refractivity contribution is 0.0944. The number of pyridine rings is 1. The van der Waals surface area contributed by atoms with E-state index in [1.165, 1.54) is 0 Å². The van der Waals surface area contributed by atoms with E-state index in [-0.39, 0.29) is 5.91 Å². The molecule has 1 amide bonds. The number of hydrogen-bond acceptors (Lipinski definition) is 6. The number of fused-ring (bicyclic) bond motifs is 1. The fourth-order valence-electron chi connectivity index (χ4n) is 3.54. The Morgan fingerprint density at radius 2 is 2.00 bits per heavy atom. The number of benzene rings is 1. The average molecular weight is 419 g/mol. The van der Waals surface area contributed by atoms with Gasteiger partial charge in [0.25, 0.3) is 5.91 Å². The van der Waals surface area contributed by atoms with Crippen LogP contribution in [0.25, 0.3) is 6.08 Å². The van der Waals surface area contributed by atoms with Crippen molar-refractivity contribution in [3.63, 3.8) is 0 Å². The Kier molecular flexibility index (Phi) is 6.68. The highest BCUT2D eigenvalue weighted by atomic mass is 16.5. The first-order valence-corrected chi connectivity index (χ1v) is 10.4. The summed E-state index contributed by atoms with van der Waals surface area (Å²) >= 11 is 0. The Bertz CT molecular complexity index is 1030. The molecule has 3 aromatic rings. The molecule has 0 bridgehead atoms. The van der Waals surface area contributed by atoms with Gasteiger partial charge < -0.3 is 14.6 Å². The fourth-order valence-corrected chi connectivity index (χ4v) is 3.54. The second kappa shape index (κ2) is 9.99. The summed E-state index contributed by atoms with van der Waals surface area (Å²) < 4.78 is 7.31. The van der Waals surface area contributed by atoms with Crippen molar-refractivity contribution in [3.05, 3.63) is 77.6 Å². The number of carbonyl (C=O) groups is 1. The van der Waals surface area contributed by atoms with Gasteiger partial charge in [0.05, 0.1) is 13.7 Å². The number of nitrogens with one attached hydrogen (secondary N) is 1. The van der Waals surface area contributed by atoms with Crippen LogP contribution in [0.1, 0.15) is 27.7 Å². The van der Waals surface area contributed by atoms with Gasteiger partial charge in [0.2, 0.25) is 0 Å². The Morgan fingerprint density at radius 3 is 2.77 bits per heavy atom. The number of rotatable bonds is 7. The van der Waals surface area contributed by atoms with E-state index >= 15 is 0 Å². The van der Waals surface area contributed by atoms with E-state index in [9.17, 15) is 4.79 Å². The van der Waals surface area contributed by atoms with Gasteiger partial charge in [0.1, 0.15) is 17.3 Å². The number of carbonyl (C=O) groups excluding carboxylic acids is 1. The third-order valence-corrected chi connectivity index (χ3v) is 5.29. The molecular formula is C23H26N6O2. The lowest BCUT2D eigenvalue weighted by Crippen LogP contribution is -2.28. The van der Waals surface area contributed by atoms with Crippen molar-refractivity contribution in [1.29, 1.82) is 0 Å². The number of nitrogens with zero attached hydrogens (tertiary/aromatic N) is 5. The quantitative estimate of drug-likeness (QED) is 0.633. The number of aromatic nitrogens is 4. The third-order valence-electron chi connectivity index (χ3n) is 5.29. The van der Waals surface area contributed by atoms with Gasteiger partial charge in [0.15, 0.2) is 5.82 Å². The van der Waals surface area contributed by atoms with Crippen LogP contribution in [0.5, 0.6) is 5.75 Å². The van der Waals surface area contributed by atoms with Crippen LogP contribution in [0, 0.1) is 0 Å².